The minimum Gasteiger partial charge on any atom is -0.274 e. The molecule has 106 valence electrons. The Bertz CT molecular complexity index is 610. The molecule has 0 saturated heterocycles. The van der Waals surface area contributed by atoms with Crippen LogP contribution in [0.1, 0.15) is 22.4 Å². The number of thiazole rings is 1. The van der Waals surface area contributed by atoms with Crippen LogP contribution in [0.2, 0.25) is 0 Å². The van der Waals surface area contributed by atoms with Gasteiger partial charge in [-0.2, -0.15) is 0 Å². The first-order chi connectivity index (χ1) is 9.56. The molecule has 20 heavy (non-hydrogen) atoms. The van der Waals surface area contributed by atoms with Gasteiger partial charge in [-0.3, -0.25) is 9.63 Å². The quantitative estimate of drug-likeness (QED) is 0.814. The Labute approximate surface area is 120 Å². The standard InChI is InChI=1S/C14H15FN2O2S/c1-4-11-16-12(14(18)17(2)19-3)13(20-11)9-5-7-10(15)8-6-9/h5-8H,4H2,1-3H3. The molecule has 1 amide bonds. The summed E-state index contributed by atoms with van der Waals surface area (Å²) in [6, 6.07) is 6.03. The normalized spacial score (nSPS) is 10.6. The van der Waals surface area contributed by atoms with Crippen molar-refractivity contribution in [1.82, 2.24) is 10.0 Å². The molecule has 1 heterocycles. The smallest absolute Gasteiger partial charge is 0.274 e. The molecule has 0 radical (unpaired) electrons. The van der Waals surface area contributed by atoms with Crippen molar-refractivity contribution in [1.29, 1.82) is 0 Å². The van der Waals surface area contributed by atoms with Gasteiger partial charge in [0.15, 0.2) is 0 Å². The number of aryl methyl sites for hydroxylation is 1. The number of hydroxylamine groups is 2. The zero-order valence-electron chi connectivity index (χ0n) is 11.5. The van der Waals surface area contributed by atoms with Gasteiger partial charge >= 0.3 is 0 Å². The highest BCUT2D eigenvalue weighted by Gasteiger charge is 2.22. The van der Waals surface area contributed by atoms with E-state index in [1.54, 1.807) is 12.1 Å². The average Bonchev–Trinajstić information content (AvgIpc) is 2.90. The van der Waals surface area contributed by atoms with E-state index in [9.17, 15) is 9.18 Å². The third kappa shape index (κ3) is 2.86. The lowest BCUT2D eigenvalue weighted by molar-refractivity contribution is -0.0759. The molecule has 1 aromatic carbocycles. The molecule has 0 N–H and O–H groups in total. The minimum atomic E-state index is -0.317. The van der Waals surface area contributed by atoms with Gasteiger partial charge in [-0.05, 0) is 24.1 Å². The Morgan fingerprint density at radius 3 is 2.60 bits per heavy atom. The van der Waals surface area contributed by atoms with Crippen molar-refractivity contribution < 1.29 is 14.0 Å². The molecule has 0 saturated carbocycles. The summed E-state index contributed by atoms with van der Waals surface area (Å²) in [7, 11) is 2.95. The summed E-state index contributed by atoms with van der Waals surface area (Å²) in [6.45, 7) is 1.97. The molecule has 0 aliphatic rings. The van der Waals surface area contributed by atoms with E-state index in [-0.39, 0.29) is 11.7 Å². The van der Waals surface area contributed by atoms with Gasteiger partial charge in [0.05, 0.1) is 17.0 Å². The Hall–Kier alpha value is -1.79. The minimum absolute atomic E-state index is 0.309. The molecular weight excluding hydrogens is 279 g/mol. The summed E-state index contributed by atoms with van der Waals surface area (Å²) in [5, 5.41) is 1.99. The molecule has 2 aromatic rings. The summed E-state index contributed by atoms with van der Waals surface area (Å²) < 4.78 is 13.0. The van der Waals surface area contributed by atoms with Crippen molar-refractivity contribution in [3.05, 3.63) is 40.8 Å². The SMILES string of the molecule is CCc1nc(C(=O)N(C)OC)c(-c2ccc(F)cc2)s1. The van der Waals surface area contributed by atoms with E-state index in [1.165, 1.54) is 37.6 Å². The summed E-state index contributed by atoms with van der Waals surface area (Å²) >= 11 is 1.44. The molecule has 2 rings (SSSR count). The Morgan fingerprint density at radius 2 is 2.05 bits per heavy atom. The van der Waals surface area contributed by atoms with Crippen LogP contribution in [0.3, 0.4) is 0 Å². The van der Waals surface area contributed by atoms with Crippen LogP contribution in [0, 0.1) is 5.82 Å². The Morgan fingerprint density at radius 1 is 1.40 bits per heavy atom. The number of carbonyl (C=O) groups is 1. The highest BCUT2D eigenvalue weighted by atomic mass is 32.1. The fourth-order valence-corrected chi connectivity index (χ4v) is 2.69. The van der Waals surface area contributed by atoms with Crippen molar-refractivity contribution in [3.63, 3.8) is 0 Å². The van der Waals surface area contributed by atoms with E-state index >= 15 is 0 Å². The molecule has 0 aliphatic carbocycles. The van der Waals surface area contributed by atoms with Gasteiger partial charge in [0.2, 0.25) is 0 Å². The maximum absolute atomic E-state index is 13.0. The lowest BCUT2D eigenvalue weighted by atomic mass is 10.1. The topological polar surface area (TPSA) is 42.4 Å². The van der Waals surface area contributed by atoms with E-state index in [0.717, 1.165) is 26.9 Å². The monoisotopic (exact) mass is 294 g/mol. The average molecular weight is 294 g/mol. The van der Waals surface area contributed by atoms with Crippen molar-refractivity contribution >= 4 is 17.2 Å². The van der Waals surface area contributed by atoms with Crippen LogP contribution < -0.4 is 0 Å². The predicted molar refractivity (Wildman–Crippen MR) is 76.0 cm³/mol. The van der Waals surface area contributed by atoms with E-state index in [4.69, 9.17) is 4.84 Å². The number of hydrogen-bond acceptors (Lipinski definition) is 4. The molecule has 1 aromatic heterocycles. The highest BCUT2D eigenvalue weighted by Crippen LogP contribution is 2.31. The zero-order valence-corrected chi connectivity index (χ0v) is 12.3. The van der Waals surface area contributed by atoms with Gasteiger partial charge in [0.25, 0.3) is 5.91 Å². The van der Waals surface area contributed by atoms with Crippen LogP contribution in [-0.2, 0) is 11.3 Å². The third-order valence-electron chi connectivity index (χ3n) is 2.84. The van der Waals surface area contributed by atoms with Crippen LogP contribution in [0.25, 0.3) is 10.4 Å². The summed E-state index contributed by atoms with van der Waals surface area (Å²) in [5.41, 5.74) is 1.11. The number of benzene rings is 1. The number of nitrogens with zero attached hydrogens (tertiary/aromatic N) is 2. The molecule has 4 nitrogen and oxygen atoms in total. The summed E-state index contributed by atoms with van der Waals surface area (Å²) in [4.78, 5) is 22.2. The van der Waals surface area contributed by atoms with Gasteiger partial charge in [0, 0.05) is 7.05 Å². The van der Waals surface area contributed by atoms with Crippen LogP contribution in [0.4, 0.5) is 4.39 Å². The highest BCUT2D eigenvalue weighted by molar-refractivity contribution is 7.15. The second-order valence-corrected chi connectivity index (χ2v) is 5.21. The fraction of sp³-hybridized carbons (Fsp3) is 0.286. The maximum atomic E-state index is 13.0. The Kier molecular flexibility index (Phi) is 4.46. The predicted octanol–water partition coefficient (Wildman–Crippen LogP) is 3.15. The Balaban J connectivity index is 2.49. The lowest BCUT2D eigenvalue weighted by Gasteiger charge is -2.12. The first-order valence-corrected chi connectivity index (χ1v) is 6.96. The maximum Gasteiger partial charge on any atom is 0.297 e. The van der Waals surface area contributed by atoms with Crippen LogP contribution in [-0.4, -0.2) is 30.1 Å². The van der Waals surface area contributed by atoms with Crippen LogP contribution >= 0.6 is 11.3 Å². The molecule has 0 bridgehead atoms. The third-order valence-corrected chi connectivity index (χ3v) is 4.09. The van der Waals surface area contributed by atoms with Crippen molar-refractivity contribution in [3.8, 4) is 10.4 Å². The number of carbonyl (C=O) groups excluding carboxylic acids is 1. The van der Waals surface area contributed by atoms with Gasteiger partial charge in [-0.15, -0.1) is 11.3 Å². The van der Waals surface area contributed by atoms with Gasteiger partial charge in [0.1, 0.15) is 11.5 Å². The number of halogens is 1. The van der Waals surface area contributed by atoms with Gasteiger partial charge < -0.3 is 0 Å². The first kappa shape index (κ1) is 14.6. The molecule has 0 unspecified atom stereocenters. The zero-order chi connectivity index (χ0) is 14.7. The lowest BCUT2D eigenvalue weighted by Crippen LogP contribution is -2.26. The largest absolute Gasteiger partial charge is 0.297 e. The molecule has 0 aliphatic heterocycles. The second kappa shape index (κ2) is 6.11. The van der Waals surface area contributed by atoms with Crippen molar-refractivity contribution in [2.24, 2.45) is 0 Å². The van der Waals surface area contributed by atoms with Crippen molar-refractivity contribution in [2.45, 2.75) is 13.3 Å². The molecule has 0 spiro atoms. The number of amides is 1. The van der Waals surface area contributed by atoms with E-state index < -0.39 is 0 Å². The van der Waals surface area contributed by atoms with E-state index in [1.807, 2.05) is 6.92 Å². The number of hydrogen-bond donors (Lipinski definition) is 0. The van der Waals surface area contributed by atoms with Crippen LogP contribution in [0.5, 0.6) is 0 Å². The fourth-order valence-electron chi connectivity index (χ4n) is 1.69. The van der Waals surface area contributed by atoms with Gasteiger partial charge in [-0.25, -0.2) is 14.4 Å². The first-order valence-electron chi connectivity index (χ1n) is 6.14. The molecule has 6 heteroatoms. The van der Waals surface area contributed by atoms with Gasteiger partial charge in [-0.1, -0.05) is 19.1 Å². The molecule has 0 atom stereocenters. The number of rotatable bonds is 4. The van der Waals surface area contributed by atoms with Crippen LogP contribution in [0.15, 0.2) is 24.3 Å². The molecular formula is C14H15FN2O2S. The molecule has 0 fully saturated rings. The second-order valence-electron chi connectivity index (χ2n) is 4.13. The summed E-state index contributed by atoms with van der Waals surface area (Å²) in [5.74, 6) is -0.626. The van der Waals surface area contributed by atoms with E-state index in [2.05, 4.69) is 4.98 Å². The summed E-state index contributed by atoms with van der Waals surface area (Å²) in [6.07, 6.45) is 0.739. The van der Waals surface area contributed by atoms with E-state index in [0.29, 0.717) is 5.69 Å². The number of aromatic nitrogens is 1. The van der Waals surface area contributed by atoms with Crippen molar-refractivity contribution in [2.75, 3.05) is 14.2 Å².